The van der Waals surface area contributed by atoms with Crippen LogP contribution in [-0.2, 0) is 13.0 Å². The van der Waals surface area contributed by atoms with Gasteiger partial charge in [0.25, 0.3) is 0 Å². The van der Waals surface area contributed by atoms with Crippen LogP contribution in [0.1, 0.15) is 49.0 Å². The molecule has 3 heteroatoms. The topological polar surface area (TPSA) is 44.1 Å². The number of furan rings is 1. The quantitative estimate of drug-likeness (QED) is 0.897. The number of hydrogen-bond donors (Lipinski definition) is 1. The highest BCUT2D eigenvalue weighted by atomic mass is 16.3. The normalized spacial score (nSPS) is 21.4. The summed E-state index contributed by atoms with van der Waals surface area (Å²) in [4.78, 5) is 0. The number of nitrogens with two attached hydrogens (primary N) is 1. The fraction of sp³-hybridized carbons (Fsp3) is 0.500. The van der Waals surface area contributed by atoms with Gasteiger partial charge in [-0.2, -0.15) is 0 Å². The maximum atomic E-state index is 6.34. The van der Waals surface area contributed by atoms with Crippen molar-refractivity contribution in [1.82, 2.24) is 4.57 Å². The summed E-state index contributed by atoms with van der Waals surface area (Å²) in [6.45, 7) is 7.56. The molecule has 102 valence electrons. The molecule has 0 aliphatic heterocycles. The standard InChI is InChI=1S/C16H22N2O/c1-11-7-13-14(17)8-16(2,3)9-15(13)18(11)10-12-5-4-6-19-12/h4-7,14H,8-10,17H2,1-3H3. The lowest BCUT2D eigenvalue weighted by molar-refractivity contribution is 0.275. The Hall–Kier alpha value is -1.48. The van der Waals surface area contributed by atoms with Crippen molar-refractivity contribution >= 4 is 0 Å². The molecular weight excluding hydrogens is 236 g/mol. The van der Waals surface area contributed by atoms with E-state index < -0.39 is 0 Å². The Labute approximate surface area is 114 Å². The zero-order valence-corrected chi connectivity index (χ0v) is 11.9. The fourth-order valence-corrected chi connectivity index (χ4v) is 3.28. The molecule has 0 amide bonds. The highest BCUT2D eigenvalue weighted by Gasteiger charge is 2.33. The number of aryl methyl sites for hydroxylation is 1. The van der Waals surface area contributed by atoms with E-state index in [0.29, 0.717) is 0 Å². The molecule has 2 aromatic rings. The van der Waals surface area contributed by atoms with Gasteiger partial charge in [0, 0.05) is 17.4 Å². The molecular formula is C16H22N2O. The molecule has 1 atom stereocenters. The van der Waals surface area contributed by atoms with E-state index >= 15 is 0 Å². The lowest BCUT2D eigenvalue weighted by Crippen LogP contribution is -2.30. The molecule has 1 aliphatic rings. The first-order valence-corrected chi connectivity index (χ1v) is 6.93. The average molecular weight is 258 g/mol. The van der Waals surface area contributed by atoms with Gasteiger partial charge < -0.3 is 14.7 Å². The third kappa shape index (κ3) is 2.23. The molecule has 0 spiro atoms. The molecule has 2 N–H and O–H groups in total. The van der Waals surface area contributed by atoms with Crippen molar-refractivity contribution in [2.45, 2.75) is 46.2 Å². The van der Waals surface area contributed by atoms with E-state index in [2.05, 4.69) is 31.4 Å². The molecule has 19 heavy (non-hydrogen) atoms. The molecule has 3 rings (SSSR count). The van der Waals surface area contributed by atoms with Crippen LogP contribution in [0.4, 0.5) is 0 Å². The largest absolute Gasteiger partial charge is 0.467 e. The molecule has 3 nitrogen and oxygen atoms in total. The molecule has 1 unspecified atom stereocenters. The molecule has 0 saturated carbocycles. The summed E-state index contributed by atoms with van der Waals surface area (Å²) in [7, 11) is 0. The maximum Gasteiger partial charge on any atom is 0.123 e. The second-order valence-electron chi connectivity index (χ2n) is 6.50. The first kappa shape index (κ1) is 12.5. The summed E-state index contributed by atoms with van der Waals surface area (Å²) < 4.78 is 7.84. The van der Waals surface area contributed by atoms with Crippen molar-refractivity contribution in [3.63, 3.8) is 0 Å². The minimum atomic E-state index is 0.162. The molecule has 0 aromatic carbocycles. The van der Waals surface area contributed by atoms with Gasteiger partial charge in [-0.3, -0.25) is 0 Å². The van der Waals surface area contributed by atoms with Crippen LogP contribution in [0.5, 0.6) is 0 Å². The Morgan fingerprint density at radius 3 is 2.95 bits per heavy atom. The third-order valence-electron chi connectivity index (χ3n) is 4.16. The van der Waals surface area contributed by atoms with Crippen molar-refractivity contribution in [2.75, 3.05) is 0 Å². The summed E-state index contributed by atoms with van der Waals surface area (Å²) in [6, 6.07) is 6.38. The molecule has 0 radical (unpaired) electrons. The summed E-state index contributed by atoms with van der Waals surface area (Å²) in [5, 5.41) is 0. The van der Waals surface area contributed by atoms with Crippen molar-refractivity contribution in [1.29, 1.82) is 0 Å². The molecule has 0 saturated heterocycles. The van der Waals surface area contributed by atoms with Crippen LogP contribution in [0.2, 0.25) is 0 Å². The van der Waals surface area contributed by atoms with Crippen molar-refractivity contribution < 1.29 is 4.42 Å². The van der Waals surface area contributed by atoms with Gasteiger partial charge in [0.05, 0.1) is 12.8 Å². The minimum Gasteiger partial charge on any atom is -0.467 e. The van der Waals surface area contributed by atoms with Gasteiger partial charge in [0.1, 0.15) is 5.76 Å². The van der Waals surface area contributed by atoms with Crippen molar-refractivity contribution in [3.8, 4) is 0 Å². The van der Waals surface area contributed by atoms with E-state index in [1.165, 1.54) is 17.0 Å². The van der Waals surface area contributed by atoms with Crippen LogP contribution in [0, 0.1) is 12.3 Å². The van der Waals surface area contributed by atoms with Crippen molar-refractivity contribution in [3.05, 3.63) is 47.2 Å². The SMILES string of the molecule is Cc1cc2c(n1Cc1ccco1)CC(C)(C)CC2N. The number of fused-ring (bicyclic) bond motifs is 1. The van der Waals surface area contributed by atoms with E-state index in [9.17, 15) is 0 Å². The Bertz CT molecular complexity index is 578. The summed E-state index contributed by atoms with van der Waals surface area (Å²) >= 11 is 0. The first-order valence-electron chi connectivity index (χ1n) is 6.93. The van der Waals surface area contributed by atoms with Crippen LogP contribution in [0.15, 0.2) is 28.9 Å². The Balaban J connectivity index is 2.02. The molecule has 2 heterocycles. The summed E-state index contributed by atoms with van der Waals surface area (Å²) in [6.07, 6.45) is 3.88. The summed E-state index contributed by atoms with van der Waals surface area (Å²) in [5.41, 5.74) is 10.6. The van der Waals surface area contributed by atoms with E-state index in [0.717, 1.165) is 25.1 Å². The zero-order valence-electron chi connectivity index (χ0n) is 11.9. The van der Waals surface area contributed by atoms with Crippen LogP contribution < -0.4 is 5.73 Å². The number of rotatable bonds is 2. The number of hydrogen-bond acceptors (Lipinski definition) is 2. The van der Waals surface area contributed by atoms with Gasteiger partial charge >= 0.3 is 0 Å². The van der Waals surface area contributed by atoms with Gasteiger partial charge in [-0.05, 0) is 48.9 Å². The fourth-order valence-electron chi connectivity index (χ4n) is 3.28. The van der Waals surface area contributed by atoms with E-state index in [1.807, 2.05) is 12.1 Å². The highest BCUT2D eigenvalue weighted by molar-refractivity contribution is 5.34. The molecule has 2 aromatic heterocycles. The van der Waals surface area contributed by atoms with E-state index in [-0.39, 0.29) is 11.5 Å². The van der Waals surface area contributed by atoms with Crippen LogP contribution in [0.3, 0.4) is 0 Å². The Kier molecular flexibility index (Phi) is 2.82. The smallest absolute Gasteiger partial charge is 0.123 e. The van der Waals surface area contributed by atoms with Gasteiger partial charge in [-0.25, -0.2) is 0 Å². The Morgan fingerprint density at radius 2 is 2.26 bits per heavy atom. The van der Waals surface area contributed by atoms with E-state index in [1.54, 1.807) is 6.26 Å². The maximum absolute atomic E-state index is 6.34. The monoisotopic (exact) mass is 258 g/mol. The second kappa shape index (κ2) is 4.27. The van der Waals surface area contributed by atoms with Gasteiger partial charge in [-0.1, -0.05) is 13.8 Å². The van der Waals surface area contributed by atoms with Crippen LogP contribution >= 0.6 is 0 Å². The predicted octanol–water partition coefficient (Wildman–Crippen LogP) is 3.41. The lowest BCUT2D eigenvalue weighted by Gasteiger charge is -2.34. The van der Waals surface area contributed by atoms with Gasteiger partial charge in [-0.15, -0.1) is 0 Å². The Morgan fingerprint density at radius 1 is 1.47 bits per heavy atom. The third-order valence-corrected chi connectivity index (χ3v) is 4.16. The predicted molar refractivity (Wildman–Crippen MR) is 76.0 cm³/mol. The van der Waals surface area contributed by atoms with Crippen LogP contribution in [0.25, 0.3) is 0 Å². The van der Waals surface area contributed by atoms with Gasteiger partial charge in [0.2, 0.25) is 0 Å². The number of aromatic nitrogens is 1. The molecule has 0 fully saturated rings. The zero-order chi connectivity index (χ0) is 13.6. The second-order valence-corrected chi connectivity index (χ2v) is 6.50. The van der Waals surface area contributed by atoms with Gasteiger partial charge in [0.15, 0.2) is 0 Å². The lowest BCUT2D eigenvalue weighted by atomic mass is 9.74. The van der Waals surface area contributed by atoms with E-state index in [4.69, 9.17) is 10.2 Å². The van der Waals surface area contributed by atoms with Crippen LogP contribution in [-0.4, -0.2) is 4.57 Å². The highest BCUT2D eigenvalue weighted by Crippen LogP contribution is 2.41. The first-order chi connectivity index (χ1) is 8.96. The number of nitrogens with zero attached hydrogens (tertiary/aromatic N) is 1. The molecule has 0 bridgehead atoms. The minimum absolute atomic E-state index is 0.162. The molecule has 1 aliphatic carbocycles. The summed E-state index contributed by atoms with van der Waals surface area (Å²) in [5.74, 6) is 0.999. The van der Waals surface area contributed by atoms with Crippen molar-refractivity contribution in [2.24, 2.45) is 11.1 Å². The average Bonchev–Trinajstić information content (AvgIpc) is 2.90.